The van der Waals surface area contributed by atoms with Crippen molar-refractivity contribution in [1.29, 1.82) is 5.26 Å². The second-order valence-electron chi connectivity index (χ2n) is 4.75. The Labute approximate surface area is 136 Å². The highest BCUT2D eigenvalue weighted by Crippen LogP contribution is 2.36. The number of hydrogen-bond acceptors (Lipinski definition) is 6. The number of aromatic nitrogens is 3. The topological polar surface area (TPSA) is 91.7 Å². The largest absolute Gasteiger partial charge is 0.494 e. The van der Waals surface area contributed by atoms with Gasteiger partial charge in [0, 0.05) is 29.0 Å². The first-order valence-corrected chi connectivity index (χ1v) is 7.61. The third-order valence-corrected chi connectivity index (χ3v) is 4.25. The van der Waals surface area contributed by atoms with Crippen LogP contribution in [0, 0.1) is 18.3 Å². The summed E-state index contributed by atoms with van der Waals surface area (Å²) in [5.41, 5.74) is 2.33. The van der Waals surface area contributed by atoms with Gasteiger partial charge >= 0.3 is 0 Å². The molecule has 0 aromatic carbocycles. The number of thiazole rings is 1. The zero-order valence-electron chi connectivity index (χ0n) is 12.5. The Hall–Kier alpha value is -2.98. The molecule has 0 spiro atoms. The van der Waals surface area contributed by atoms with Crippen LogP contribution in [-0.4, -0.2) is 22.1 Å². The molecule has 3 heterocycles. The highest BCUT2D eigenvalue weighted by Gasteiger charge is 2.20. The van der Waals surface area contributed by atoms with Gasteiger partial charge in [0.25, 0.3) is 5.56 Å². The lowest BCUT2D eigenvalue weighted by molar-refractivity contribution is 0.413. The van der Waals surface area contributed by atoms with Gasteiger partial charge in [0.1, 0.15) is 11.1 Å². The standard InChI is InChI=1S/C16H12N4O2S/c1-9-13(14(22-2)11(7-17)15(21)19-9)12-8-23-16(20-12)10-3-5-18-6-4-10/h3-6,8H,1-2H3,(H,19,21). The lowest BCUT2D eigenvalue weighted by Crippen LogP contribution is -2.14. The summed E-state index contributed by atoms with van der Waals surface area (Å²) in [6.07, 6.45) is 3.41. The van der Waals surface area contributed by atoms with Gasteiger partial charge in [-0.2, -0.15) is 5.26 Å². The lowest BCUT2D eigenvalue weighted by atomic mass is 10.1. The number of aryl methyl sites for hydroxylation is 1. The van der Waals surface area contributed by atoms with E-state index in [2.05, 4.69) is 15.0 Å². The van der Waals surface area contributed by atoms with Crippen molar-refractivity contribution < 1.29 is 4.74 Å². The van der Waals surface area contributed by atoms with Crippen molar-refractivity contribution in [3.8, 4) is 33.6 Å². The number of methoxy groups -OCH3 is 1. The normalized spacial score (nSPS) is 10.3. The minimum Gasteiger partial charge on any atom is -0.494 e. The molecule has 23 heavy (non-hydrogen) atoms. The molecule has 114 valence electrons. The maximum Gasteiger partial charge on any atom is 0.269 e. The monoisotopic (exact) mass is 324 g/mol. The van der Waals surface area contributed by atoms with Gasteiger partial charge in [-0.3, -0.25) is 9.78 Å². The quantitative estimate of drug-likeness (QED) is 0.800. The molecular formula is C16H12N4O2S. The van der Waals surface area contributed by atoms with Crippen LogP contribution in [0.5, 0.6) is 5.75 Å². The SMILES string of the molecule is COc1c(-c2csc(-c3ccncc3)n2)c(C)[nH]c(=O)c1C#N. The molecule has 0 aliphatic carbocycles. The van der Waals surface area contributed by atoms with Gasteiger partial charge in [-0.1, -0.05) is 0 Å². The number of ether oxygens (including phenoxy) is 1. The van der Waals surface area contributed by atoms with Gasteiger partial charge in [-0.05, 0) is 19.1 Å². The van der Waals surface area contributed by atoms with Crippen LogP contribution in [0.4, 0.5) is 0 Å². The number of aromatic amines is 1. The number of H-pyrrole nitrogens is 1. The summed E-state index contributed by atoms with van der Waals surface area (Å²) in [5, 5.41) is 11.9. The van der Waals surface area contributed by atoms with Crippen molar-refractivity contribution >= 4 is 11.3 Å². The van der Waals surface area contributed by atoms with Crippen molar-refractivity contribution in [2.24, 2.45) is 0 Å². The van der Waals surface area contributed by atoms with Gasteiger partial charge in [0.15, 0.2) is 11.3 Å². The van der Waals surface area contributed by atoms with Crippen molar-refractivity contribution in [2.45, 2.75) is 6.92 Å². The van der Waals surface area contributed by atoms with Crippen molar-refractivity contribution in [3.63, 3.8) is 0 Å². The van der Waals surface area contributed by atoms with Crippen LogP contribution in [0.1, 0.15) is 11.3 Å². The summed E-state index contributed by atoms with van der Waals surface area (Å²) in [5.74, 6) is 0.250. The second-order valence-corrected chi connectivity index (χ2v) is 5.61. The lowest BCUT2D eigenvalue weighted by Gasteiger charge is -2.10. The maximum atomic E-state index is 11.9. The smallest absolute Gasteiger partial charge is 0.269 e. The number of rotatable bonds is 3. The summed E-state index contributed by atoms with van der Waals surface area (Å²) in [6, 6.07) is 5.64. The first-order valence-electron chi connectivity index (χ1n) is 6.73. The zero-order chi connectivity index (χ0) is 16.4. The van der Waals surface area contributed by atoms with E-state index < -0.39 is 5.56 Å². The molecule has 3 aromatic heterocycles. The highest BCUT2D eigenvalue weighted by atomic mass is 32.1. The average molecular weight is 324 g/mol. The van der Waals surface area contributed by atoms with Crippen LogP contribution >= 0.6 is 11.3 Å². The molecule has 0 amide bonds. The van der Waals surface area contributed by atoms with Gasteiger partial charge < -0.3 is 9.72 Å². The molecule has 0 aliphatic heterocycles. The minimum absolute atomic E-state index is 0.0495. The maximum absolute atomic E-state index is 11.9. The Bertz CT molecular complexity index is 954. The Morgan fingerprint density at radius 3 is 2.74 bits per heavy atom. The minimum atomic E-state index is -0.463. The van der Waals surface area contributed by atoms with Gasteiger partial charge in [0.2, 0.25) is 0 Å². The zero-order valence-corrected chi connectivity index (χ0v) is 13.3. The second kappa shape index (κ2) is 6.02. The van der Waals surface area contributed by atoms with Crippen LogP contribution in [0.15, 0.2) is 34.7 Å². The Kier molecular flexibility index (Phi) is 3.91. The fourth-order valence-electron chi connectivity index (χ4n) is 2.32. The van der Waals surface area contributed by atoms with E-state index in [1.165, 1.54) is 18.4 Å². The summed E-state index contributed by atoms with van der Waals surface area (Å²) in [7, 11) is 1.44. The molecule has 3 aromatic rings. The Morgan fingerprint density at radius 1 is 1.35 bits per heavy atom. The highest BCUT2D eigenvalue weighted by molar-refractivity contribution is 7.13. The van der Waals surface area contributed by atoms with Crippen molar-refractivity contribution in [2.75, 3.05) is 7.11 Å². The van der Waals surface area contributed by atoms with Crippen LogP contribution in [0.2, 0.25) is 0 Å². The molecule has 0 unspecified atom stereocenters. The predicted molar refractivity (Wildman–Crippen MR) is 87.4 cm³/mol. The number of hydrogen-bond donors (Lipinski definition) is 1. The Morgan fingerprint density at radius 2 is 2.09 bits per heavy atom. The molecule has 0 bridgehead atoms. The molecule has 0 aliphatic rings. The first kappa shape index (κ1) is 14.9. The molecule has 6 nitrogen and oxygen atoms in total. The van der Waals surface area contributed by atoms with Crippen LogP contribution in [0.25, 0.3) is 21.8 Å². The van der Waals surface area contributed by atoms with Gasteiger partial charge in [-0.15, -0.1) is 11.3 Å². The fraction of sp³-hybridized carbons (Fsp3) is 0.125. The van der Waals surface area contributed by atoms with Crippen LogP contribution in [0.3, 0.4) is 0 Å². The molecule has 1 N–H and O–H groups in total. The number of nitrogens with zero attached hydrogens (tertiary/aromatic N) is 3. The first-order chi connectivity index (χ1) is 11.2. The van der Waals surface area contributed by atoms with Crippen LogP contribution < -0.4 is 10.3 Å². The molecule has 0 saturated carbocycles. The molecule has 0 fully saturated rings. The van der Waals surface area contributed by atoms with E-state index in [-0.39, 0.29) is 11.3 Å². The van der Waals surface area contributed by atoms with Crippen molar-refractivity contribution in [3.05, 3.63) is 51.5 Å². The third-order valence-electron chi connectivity index (χ3n) is 3.36. The molecule has 0 atom stereocenters. The van der Waals surface area contributed by atoms with E-state index in [1.54, 1.807) is 19.3 Å². The van der Waals surface area contributed by atoms with E-state index in [0.29, 0.717) is 17.0 Å². The third kappa shape index (κ3) is 2.60. The number of nitriles is 1. The average Bonchev–Trinajstić information content (AvgIpc) is 3.04. The summed E-state index contributed by atoms with van der Waals surface area (Å²) < 4.78 is 5.31. The number of nitrogens with one attached hydrogen (secondary N) is 1. The van der Waals surface area contributed by atoms with E-state index in [1.807, 2.05) is 23.6 Å². The molecule has 0 radical (unpaired) electrons. The predicted octanol–water partition coefficient (Wildman–Crippen LogP) is 2.75. The van der Waals surface area contributed by atoms with E-state index in [9.17, 15) is 10.1 Å². The summed E-state index contributed by atoms with van der Waals surface area (Å²) in [6.45, 7) is 1.76. The number of pyridine rings is 2. The van der Waals surface area contributed by atoms with Gasteiger partial charge in [0.05, 0.1) is 18.4 Å². The van der Waals surface area contributed by atoms with E-state index in [4.69, 9.17) is 4.74 Å². The van der Waals surface area contributed by atoms with Crippen LogP contribution in [-0.2, 0) is 0 Å². The molecule has 3 rings (SSSR count). The molecule has 7 heteroatoms. The van der Waals surface area contributed by atoms with E-state index >= 15 is 0 Å². The Balaban J connectivity index is 2.19. The molecule has 0 saturated heterocycles. The van der Waals surface area contributed by atoms with E-state index in [0.717, 1.165) is 10.6 Å². The fourth-order valence-corrected chi connectivity index (χ4v) is 3.14. The van der Waals surface area contributed by atoms with Crippen molar-refractivity contribution in [1.82, 2.24) is 15.0 Å². The summed E-state index contributed by atoms with van der Waals surface area (Å²) >= 11 is 1.47. The van der Waals surface area contributed by atoms with Gasteiger partial charge in [-0.25, -0.2) is 4.98 Å². The molecular weight excluding hydrogens is 312 g/mol. The summed E-state index contributed by atoms with van der Waals surface area (Å²) in [4.78, 5) is 23.2.